The van der Waals surface area contributed by atoms with Crippen LogP contribution >= 0.6 is 27.7 Å². The normalized spacial score (nSPS) is 11.1. The second-order valence-corrected chi connectivity index (χ2v) is 6.86. The maximum Gasteiger partial charge on any atom is 0.137 e. The molecule has 0 heterocycles. The van der Waals surface area contributed by atoms with Gasteiger partial charge in [0, 0.05) is 27.9 Å². The van der Waals surface area contributed by atoms with Gasteiger partial charge in [0.2, 0.25) is 0 Å². The van der Waals surface area contributed by atoms with Gasteiger partial charge in [0.15, 0.2) is 0 Å². The van der Waals surface area contributed by atoms with Crippen LogP contribution in [0.3, 0.4) is 0 Å². The summed E-state index contributed by atoms with van der Waals surface area (Å²) in [4.78, 5) is 8.12. The standard InChI is InChI=1S/C17H18BrFN2S/c1-4-21(3)11-20-15-9-12(2)17(10-13(15)18)22-16-8-6-5-7-14(16)19/h5-11H,4H2,1-3H3. The molecule has 0 bridgehead atoms. The van der Waals surface area contributed by atoms with Crippen LogP contribution in [0, 0.1) is 12.7 Å². The van der Waals surface area contributed by atoms with Crippen LogP contribution in [-0.2, 0) is 0 Å². The molecule has 0 amide bonds. The Morgan fingerprint density at radius 3 is 2.68 bits per heavy atom. The molecule has 0 saturated carbocycles. The maximum absolute atomic E-state index is 13.8. The summed E-state index contributed by atoms with van der Waals surface area (Å²) in [5.41, 5.74) is 1.94. The van der Waals surface area contributed by atoms with Gasteiger partial charge in [0.25, 0.3) is 0 Å². The van der Waals surface area contributed by atoms with Crippen molar-refractivity contribution in [2.24, 2.45) is 4.99 Å². The van der Waals surface area contributed by atoms with Crippen molar-refractivity contribution in [1.82, 2.24) is 4.90 Å². The van der Waals surface area contributed by atoms with Crippen LogP contribution in [0.4, 0.5) is 10.1 Å². The van der Waals surface area contributed by atoms with E-state index in [-0.39, 0.29) is 5.82 Å². The summed E-state index contributed by atoms with van der Waals surface area (Å²) in [6.45, 7) is 4.99. The van der Waals surface area contributed by atoms with Gasteiger partial charge in [0.05, 0.1) is 12.0 Å². The van der Waals surface area contributed by atoms with Gasteiger partial charge in [-0.15, -0.1) is 0 Å². The Kier molecular flexibility index (Phi) is 6.03. The van der Waals surface area contributed by atoms with Gasteiger partial charge < -0.3 is 4.90 Å². The van der Waals surface area contributed by atoms with Crippen molar-refractivity contribution in [2.45, 2.75) is 23.6 Å². The van der Waals surface area contributed by atoms with Gasteiger partial charge in [-0.2, -0.15) is 0 Å². The summed E-state index contributed by atoms with van der Waals surface area (Å²) < 4.78 is 14.7. The van der Waals surface area contributed by atoms with Crippen LogP contribution in [0.2, 0.25) is 0 Å². The molecule has 2 rings (SSSR count). The molecule has 0 fully saturated rings. The molecular formula is C17H18BrFN2S. The highest BCUT2D eigenvalue weighted by Crippen LogP contribution is 2.37. The van der Waals surface area contributed by atoms with Crippen molar-refractivity contribution in [3.05, 3.63) is 52.3 Å². The minimum absolute atomic E-state index is 0.199. The van der Waals surface area contributed by atoms with E-state index in [9.17, 15) is 4.39 Å². The Hall–Kier alpha value is -1.33. The Morgan fingerprint density at radius 1 is 1.27 bits per heavy atom. The topological polar surface area (TPSA) is 15.6 Å². The van der Waals surface area contributed by atoms with Crippen molar-refractivity contribution in [1.29, 1.82) is 0 Å². The number of hydrogen-bond acceptors (Lipinski definition) is 2. The molecule has 2 aromatic rings. The lowest BCUT2D eigenvalue weighted by Crippen LogP contribution is -2.14. The number of hydrogen-bond donors (Lipinski definition) is 0. The zero-order chi connectivity index (χ0) is 16.1. The van der Waals surface area contributed by atoms with Crippen LogP contribution in [0.25, 0.3) is 0 Å². The predicted molar refractivity (Wildman–Crippen MR) is 95.9 cm³/mol. The van der Waals surface area contributed by atoms with Crippen LogP contribution in [-0.4, -0.2) is 24.8 Å². The fourth-order valence-electron chi connectivity index (χ4n) is 1.75. The molecule has 116 valence electrons. The molecule has 0 radical (unpaired) electrons. The molecule has 2 nitrogen and oxygen atoms in total. The summed E-state index contributed by atoms with van der Waals surface area (Å²) in [7, 11) is 1.98. The van der Waals surface area contributed by atoms with E-state index in [1.165, 1.54) is 17.8 Å². The number of nitrogens with zero attached hydrogens (tertiary/aromatic N) is 2. The van der Waals surface area contributed by atoms with E-state index in [4.69, 9.17) is 0 Å². The van der Waals surface area contributed by atoms with Crippen LogP contribution < -0.4 is 0 Å². The van der Waals surface area contributed by atoms with Gasteiger partial charge in [-0.1, -0.05) is 23.9 Å². The molecule has 22 heavy (non-hydrogen) atoms. The zero-order valence-electron chi connectivity index (χ0n) is 12.8. The molecule has 0 spiro atoms. The number of rotatable bonds is 5. The fraction of sp³-hybridized carbons (Fsp3) is 0.235. The Morgan fingerprint density at radius 2 is 2.00 bits per heavy atom. The first-order valence-corrected chi connectivity index (χ1v) is 8.59. The third-order valence-corrected chi connectivity index (χ3v) is 5.04. The minimum Gasteiger partial charge on any atom is -0.366 e. The lowest BCUT2D eigenvalue weighted by Gasteiger charge is -2.11. The van der Waals surface area contributed by atoms with Gasteiger partial charge in [-0.3, -0.25) is 0 Å². The summed E-state index contributed by atoms with van der Waals surface area (Å²) in [5, 5.41) is 0. The average molecular weight is 381 g/mol. The van der Waals surface area contributed by atoms with Crippen LogP contribution in [0.5, 0.6) is 0 Å². The van der Waals surface area contributed by atoms with Crippen molar-refractivity contribution < 1.29 is 4.39 Å². The lowest BCUT2D eigenvalue weighted by atomic mass is 10.2. The van der Waals surface area contributed by atoms with E-state index in [1.54, 1.807) is 12.1 Å². The molecule has 5 heteroatoms. The van der Waals surface area contributed by atoms with Crippen LogP contribution in [0.1, 0.15) is 12.5 Å². The molecule has 0 aliphatic rings. The molecule has 0 unspecified atom stereocenters. The van der Waals surface area contributed by atoms with Gasteiger partial charge in [-0.05, 0) is 59.6 Å². The molecule has 0 atom stereocenters. The third-order valence-electron chi connectivity index (χ3n) is 3.19. The highest BCUT2D eigenvalue weighted by molar-refractivity contribution is 9.10. The SMILES string of the molecule is CCN(C)C=Nc1cc(C)c(Sc2ccccc2F)cc1Br. The second kappa shape index (κ2) is 7.79. The molecule has 0 saturated heterocycles. The van der Waals surface area contributed by atoms with E-state index in [0.717, 1.165) is 27.2 Å². The van der Waals surface area contributed by atoms with Gasteiger partial charge in [-0.25, -0.2) is 9.38 Å². The quantitative estimate of drug-likeness (QED) is 0.491. The Labute approximate surface area is 143 Å². The highest BCUT2D eigenvalue weighted by Gasteiger charge is 2.09. The molecule has 0 N–H and O–H groups in total. The van der Waals surface area contributed by atoms with Gasteiger partial charge >= 0.3 is 0 Å². The average Bonchev–Trinajstić information content (AvgIpc) is 2.51. The van der Waals surface area contributed by atoms with E-state index >= 15 is 0 Å². The van der Waals surface area contributed by atoms with Crippen molar-refractivity contribution >= 4 is 39.7 Å². The molecule has 0 aliphatic heterocycles. The molecular weight excluding hydrogens is 363 g/mol. The van der Waals surface area contributed by atoms with Crippen molar-refractivity contribution in [3.8, 4) is 0 Å². The first-order chi connectivity index (χ1) is 10.5. The predicted octanol–water partition coefficient (Wildman–Crippen LogP) is 5.66. The fourth-order valence-corrected chi connectivity index (χ4v) is 3.29. The number of benzene rings is 2. The molecule has 0 aliphatic carbocycles. The largest absolute Gasteiger partial charge is 0.366 e. The highest BCUT2D eigenvalue weighted by atomic mass is 79.9. The van der Waals surface area contributed by atoms with Crippen molar-refractivity contribution in [3.63, 3.8) is 0 Å². The number of aryl methyl sites for hydroxylation is 1. The smallest absolute Gasteiger partial charge is 0.137 e. The Bertz CT molecular complexity index is 688. The van der Waals surface area contributed by atoms with E-state index in [2.05, 4.69) is 27.8 Å². The molecule has 2 aromatic carbocycles. The molecule has 0 aromatic heterocycles. The Balaban J connectivity index is 2.27. The summed E-state index contributed by atoms with van der Waals surface area (Å²) in [6, 6.07) is 10.8. The lowest BCUT2D eigenvalue weighted by molar-refractivity contribution is 0.552. The maximum atomic E-state index is 13.8. The van der Waals surface area contributed by atoms with Gasteiger partial charge in [0.1, 0.15) is 5.82 Å². The first-order valence-electron chi connectivity index (χ1n) is 6.98. The van der Waals surface area contributed by atoms with E-state index < -0.39 is 0 Å². The van der Waals surface area contributed by atoms with E-state index in [0.29, 0.717) is 4.90 Å². The summed E-state index contributed by atoms with van der Waals surface area (Å²) in [5.74, 6) is -0.199. The zero-order valence-corrected chi connectivity index (χ0v) is 15.2. The first kappa shape index (κ1) is 17.0. The monoisotopic (exact) mass is 380 g/mol. The summed E-state index contributed by atoms with van der Waals surface area (Å²) >= 11 is 4.97. The number of aliphatic imine (C=N–C) groups is 1. The minimum atomic E-state index is -0.199. The van der Waals surface area contributed by atoms with Crippen LogP contribution in [0.15, 0.2) is 55.7 Å². The summed E-state index contributed by atoms with van der Waals surface area (Å²) in [6.07, 6.45) is 1.81. The number of halogens is 2. The second-order valence-electron chi connectivity index (χ2n) is 4.92. The van der Waals surface area contributed by atoms with E-state index in [1.807, 2.05) is 43.4 Å². The third kappa shape index (κ3) is 4.34. The van der Waals surface area contributed by atoms with Crippen molar-refractivity contribution in [2.75, 3.05) is 13.6 Å².